The Hall–Kier alpha value is -2.85. The monoisotopic (exact) mass is 500 g/mol. The Balaban J connectivity index is 1.40. The lowest BCUT2D eigenvalue weighted by atomic mass is 9.95. The number of carbonyl (C=O) groups excluding carboxylic acids is 2. The summed E-state index contributed by atoms with van der Waals surface area (Å²) in [4.78, 5) is 26.5. The predicted molar refractivity (Wildman–Crippen MR) is 133 cm³/mol. The van der Waals surface area contributed by atoms with E-state index in [0.717, 1.165) is 48.4 Å². The number of nitrogens with zero attached hydrogens (tertiary/aromatic N) is 3. The van der Waals surface area contributed by atoms with Gasteiger partial charge in [-0.15, -0.1) is 21.5 Å². The molecule has 0 radical (unpaired) electrons. The highest BCUT2D eigenvalue weighted by atomic mass is 32.2. The summed E-state index contributed by atoms with van der Waals surface area (Å²) in [7, 11) is 3.53. The van der Waals surface area contributed by atoms with Crippen LogP contribution in [0.2, 0.25) is 0 Å². The molecular formula is C24H28N4O4S2. The first-order valence-corrected chi connectivity index (χ1v) is 13.1. The zero-order chi connectivity index (χ0) is 24.1. The highest BCUT2D eigenvalue weighted by molar-refractivity contribution is 7.99. The van der Waals surface area contributed by atoms with Gasteiger partial charge in [-0.25, -0.2) is 4.79 Å². The van der Waals surface area contributed by atoms with E-state index >= 15 is 0 Å². The molecule has 1 N–H and O–H groups in total. The summed E-state index contributed by atoms with van der Waals surface area (Å²) < 4.78 is 12.4. The first-order valence-electron chi connectivity index (χ1n) is 11.3. The number of ether oxygens (including phenoxy) is 2. The minimum Gasteiger partial charge on any atom is -0.497 e. The molecule has 0 spiro atoms. The van der Waals surface area contributed by atoms with Crippen molar-refractivity contribution >= 4 is 40.0 Å². The van der Waals surface area contributed by atoms with Crippen LogP contribution in [0, 0.1) is 0 Å². The number of fused-ring (bicyclic) bond motifs is 1. The second-order valence-electron chi connectivity index (χ2n) is 7.96. The van der Waals surface area contributed by atoms with E-state index in [4.69, 9.17) is 9.47 Å². The number of esters is 1. The van der Waals surface area contributed by atoms with Crippen molar-refractivity contribution < 1.29 is 19.1 Å². The molecule has 1 aliphatic carbocycles. The molecule has 0 atom stereocenters. The van der Waals surface area contributed by atoms with Crippen LogP contribution in [-0.4, -0.2) is 46.1 Å². The van der Waals surface area contributed by atoms with Gasteiger partial charge in [-0.1, -0.05) is 23.9 Å². The zero-order valence-corrected chi connectivity index (χ0v) is 21.2. The summed E-state index contributed by atoms with van der Waals surface area (Å²) in [6.07, 6.45) is 4.56. The van der Waals surface area contributed by atoms with Gasteiger partial charge in [-0.2, -0.15) is 0 Å². The fourth-order valence-electron chi connectivity index (χ4n) is 3.92. The van der Waals surface area contributed by atoms with Gasteiger partial charge in [0.15, 0.2) is 5.16 Å². The molecule has 0 aliphatic heterocycles. The number of hydrogen-bond acceptors (Lipinski definition) is 8. The van der Waals surface area contributed by atoms with Gasteiger partial charge in [0.05, 0.1) is 25.0 Å². The molecule has 0 unspecified atom stereocenters. The number of rotatable bonds is 9. The van der Waals surface area contributed by atoms with Crippen LogP contribution in [0.1, 0.15) is 52.0 Å². The van der Waals surface area contributed by atoms with Crippen molar-refractivity contribution in [2.75, 3.05) is 24.8 Å². The maximum absolute atomic E-state index is 12.8. The normalized spacial score (nSPS) is 12.8. The molecule has 3 aromatic rings. The number of nitrogens with one attached hydrogen (secondary N) is 1. The van der Waals surface area contributed by atoms with Crippen molar-refractivity contribution in [1.29, 1.82) is 0 Å². The van der Waals surface area contributed by atoms with Crippen LogP contribution in [0.5, 0.6) is 5.75 Å². The first kappa shape index (κ1) is 24.3. The molecule has 0 saturated carbocycles. The number of methoxy groups -OCH3 is 1. The van der Waals surface area contributed by atoms with Crippen molar-refractivity contribution in [1.82, 2.24) is 14.8 Å². The molecule has 10 heteroatoms. The third-order valence-electron chi connectivity index (χ3n) is 5.68. The molecule has 4 rings (SSSR count). The van der Waals surface area contributed by atoms with Gasteiger partial charge in [-0.3, -0.25) is 4.79 Å². The van der Waals surface area contributed by atoms with Crippen molar-refractivity contribution in [3.63, 3.8) is 0 Å². The molecule has 8 nitrogen and oxygen atoms in total. The predicted octanol–water partition coefficient (Wildman–Crippen LogP) is 4.26. The summed E-state index contributed by atoms with van der Waals surface area (Å²) >= 11 is 2.81. The molecule has 0 bridgehead atoms. The van der Waals surface area contributed by atoms with Crippen molar-refractivity contribution in [2.45, 2.75) is 44.2 Å². The van der Waals surface area contributed by atoms with Gasteiger partial charge in [0.2, 0.25) is 5.91 Å². The van der Waals surface area contributed by atoms with Crippen LogP contribution >= 0.6 is 23.1 Å². The molecule has 1 amide bonds. The van der Waals surface area contributed by atoms with E-state index in [1.165, 1.54) is 28.0 Å². The van der Waals surface area contributed by atoms with Crippen LogP contribution in [0.25, 0.3) is 0 Å². The lowest BCUT2D eigenvalue weighted by molar-refractivity contribution is -0.113. The van der Waals surface area contributed by atoms with Gasteiger partial charge in [0.25, 0.3) is 0 Å². The highest BCUT2D eigenvalue weighted by Gasteiger charge is 2.27. The standard InChI is InChI=1S/C24H28N4O4S2/c1-4-32-23(30)21-17-7-5-6-8-18(17)34-22(21)25-20(29)14-33-24-27-26-19(28(24)2)13-15-9-11-16(31-3)12-10-15/h9-12H,4-8,13-14H2,1-3H3,(H,25,29). The number of carbonyl (C=O) groups is 2. The topological polar surface area (TPSA) is 95.3 Å². The molecule has 180 valence electrons. The zero-order valence-electron chi connectivity index (χ0n) is 19.6. The van der Waals surface area contributed by atoms with Crippen LogP contribution in [0.15, 0.2) is 29.4 Å². The van der Waals surface area contributed by atoms with E-state index in [9.17, 15) is 9.59 Å². The fourth-order valence-corrected chi connectivity index (χ4v) is 5.94. The smallest absolute Gasteiger partial charge is 0.341 e. The molecule has 2 heterocycles. The van der Waals surface area contributed by atoms with E-state index in [0.29, 0.717) is 28.7 Å². The van der Waals surface area contributed by atoms with E-state index in [2.05, 4.69) is 15.5 Å². The average molecular weight is 501 g/mol. The Labute approximate surface area is 207 Å². The second-order valence-corrected chi connectivity index (χ2v) is 10.0. The number of benzene rings is 1. The third kappa shape index (κ3) is 5.44. The van der Waals surface area contributed by atoms with Gasteiger partial charge < -0.3 is 19.4 Å². The van der Waals surface area contributed by atoms with Gasteiger partial charge >= 0.3 is 5.97 Å². The van der Waals surface area contributed by atoms with Crippen LogP contribution in [0.3, 0.4) is 0 Å². The van der Waals surface area contributed by atoms with E-state index in [-0.39, 0.29) is 17.6 Å². The largest absolute Gasteiger partial charge is 0.497 e. The number of aromatic nitrogens is 3. The van der Waals surface area contributed by atoms with Crippen molar-refractivity contribution in [3.05, 3.63) is 51.7 Å². The van der Waals surface area contributed by atoms with Crippen molar-refractivity contribution in [3.8, 4) is 5.75 Å². The van der Waals surface area contributed by atoms with Gasteiger partial charge in [0, 0.05) is 18.3 Å². The third-order valence-corrected chi connectivity index (χ3v) is 7.91. The fraction of sp³-hybridized carbons (Fsp3) is 0.417. The summed E-state index contributed by atoms with van der Waals surface area (Å²) in [6.45, 7) is 2.09. The Bertz CT molecular complexity index is 1170. The van der Waals surface area contributed by atoms with Crippen LogP contribution < -0.4 is 10.1 Å². The molecular weight excluding hydrogens is 472 g/mol. The highest BCUT2D eigenvalue weighted by Crippen LogP contribution is 2.38. The summed E-state index contributed by atoms with van der Waals surface area (Å²) in [5, 5.41) is 12.7. The number of aryl methyl sites for hydroxylation is 1. The maximum atomic E-state index is 12.8. The van der Waals surface area contributed by atoms with E-state index < -0.39 is 0 Å². The number of amides is 1. The summed E-state index contributed by atoms with van der Waals surface area (Å²) in [6, 6.07) is 7.82. The Morgan fingerprint density at radius 1 is 1.18 bits per heavy atom. The molecule has 1 aliphatic rings. The molecule has 0 fully saturated rings. The SMILES string of the molecule is CCOC(=O)c1c(NC(=O)CSc2nnc(Cc3ccc(OC)cc3)n2C)sc2c1CCCC2. The molecule has 1 aromatic carbocycles. The van der Waals surface area contributed by atoms with Gasteiger partial charge in [0.1, 0.15) is 16.6 Å². The molecule has 34 heavy (non-hydrogen) atoms. The average Bonchev–Trinajstić information content (AvgIpc) is 3.38. The maximum Gasteiger partial charge on any atom is 0.341 e. The van der Waals surface area contributed by atoms with Crippen LogP contribution in [0.4, 0.5) is 5.00 Å². The second kappa shape index (κ2) is 11.1. The van der Waals surface area contributed by atoms with Gasteiger partial charge in [-0.05, 0) is 55.9 Å². The van der Waals surface area contributed by atoms with Crippen molar-refractivity contribution in [2.24, 2.45) is 7.05 Å². The molecule has 2 aromatic heterocycles. The number of thioether (sulfide) groups is 1. The first-order chi connectivity index (χ1) is 16.5. The Morgan fingerprint density at radius 2 is 1.94 bits per heavy atom. The minimum atomic E-state index is -0.360. The molecule has 0 saturated heterocycles. The number of thiophene rings is 1. The summed E-state index contributed by atoms with van der Waals surface area (Å²) in [5.41, 5.74) is 2.66. The number of hydrogen-bond donors (Lipinski definition) is 1. The van der Waals surface area contributed by atoms with Crippen LogP contribution in [-0.2, 0) is 35.8 Å². The summed E-state index contributed by atoms with van der Waals surface area (Å²) in [5.74, 6) is 1.24. The quantitative estimate of drug-likeness (QED) is 0.346. The number of anilines is 1. The minimum absolute atomic E-state index is 0.166. The Kier molecular flexibility index (Phi) is 7.89. The lowest BCUT2D eigenvalue weighted by Gasteiger charge is -2.12. The van der Waals surface area contributed by atoms with E-state index in [1.54, 1.807) is 14.0 Å². The van der Waals surface area contributed by atoms with E-state index in [1.807, 2.05) is 35.9 Å². The lowest BCUT2D eigenvalue weighted by Crippen LogP contribution is -2.17. The Morgan fingerprint density at radius 3 is 2.68 bits per heavy atom.